The second-order valence-electron chi connectivity index (χ2n) is 6.68. The Kier molecular flexibility index (Phi) is 4.94. The molecule has 1 aromatic carbocycles. The van der Waals surface area contributed by atoms with Gasteiger partial charge in [-0.3, -0.25) is 9.69 Å². The molecule has 0 bridgehead atoms. The summed E-state index contributed by atoms with van der Waals surface area (Å²) in [4.78, 5) is 14.8. The Bertz CT molecular complexity index is 496. The first-order valence-electron chi connectivity index (χ1n) is 7.38. The number of carbonyl (C=O) groups is 1. The number of halogens is 1. The molecule has 21 heavy (non-hydrogen) atoms. The number of nitrogen functional groups attached to an aromatic ring is 1. The van der Waals surface area contributed by atoms with Gasteiger partial charge in [0, 0.05) is 40.4 Å². The smallest absolute Gasteiger partial charge is 0.251 e. The number of rotatable bonds is 2. The third kappa shape index (κ3) is 4.45. The number of benzene rings is 1. The highest BCUT2D eigenvalue weighted by Crippen LogP contribution is 2.21. The van der Waals surface area contributed by atoms with E-state index in [1.54, 1.807) is 18.2 Å². The number of amides is 1. The Morgan fingerprint density at radius 1 is 1.29 bits per heavy atom. The molecule has 1 aliphatic heterocycles. The van der Waals surface area contributed by atoms with E-state index < -0.39 is 0 Å². The monoisotopic (exact) mass is 353 g/mol. The molecule has 1 aromatic rings. The highest BCUT2D eigenvalue weighted by molar-refractivity contribution is 9.10. The number of nitrogens with two attached hydrogens (primary N) is 1. The molecule has 3 N–H and O–H groups in total. The van der Waals surface area contributed by atoms with E-state index in [-0.39, 0.29) is 17.5 Å². The molecule has 0 aromatic heterocycles. The molecule has 5 heteroatoms. The van der Waals surface area contributed by atoms with Crippen LogP contribution in [0.25, 0.3) is 0 Å². The van der Waals surface area contributed by atoms with E-state index >= 15 is 0 Å². The SMILES string of the molecule is CC(C)(C)N1CCC(NC(=O)c2cc(N)cc(Br)c2)CC1. The van der Waals surface area contributed by atoms with Gasteiger partial charge in [-0.2, -0.15) is 0 Å². The summed E-state index contributed by atoms with van der Waals surface area (Å²) in [7, 11) is 0. The van der Waals surface area contributed by atoms with E-state index in [9.17, 15) is 4.79 Å². The summed E-state index contributed by atoms with van der Waals surface area (Å²) in [5.74, 6) is -0.0443. The lowest BCUT2D eigenvalue weighted by molar-refractivity contribution is 0.0812. The number of nitrogens with one attached hydrogen (secondary N) is 1. The standard InChI is InChI=1S/C16H24BrN3O/c1-16(2,3)20-6-4-14(5-7-20)19-15(21)11-8-12(17)10-13(18)9-11/h8-10,14H,4-7,18H2,1-3H3,(H,19,21). The second kappa shape index (κ2) is 6.36. The minimum atomic E-state index is -0.0443. The molecule has 0 atom stereocenters. The van der Waals surface area contributed by atoms with Gasteiger partial charge in [0.05, 0.1) is 0 Å². The van der Waals surface area contributed by atoms with Gasteiger partial charge in [0.15, 0.2) is 0 Å². The Morgan fingerprint density at radius 3 is 2.43 bits per heavy atom. The normalized spacial score (nSPS) is 17.7. The molecular weight excluding hydrogens is 330 g/mol. The van der Waals surface area contributed by atoms with Crippen molar-refractivity contribution in [1.29, 1.82) is 0 Å². The van der Waals surface area contributed by atoms with Crippen molar-refractivity contribution in [3.63, 3.8) is 0 Å². The van der Waals surface area contributed by atoms with Gasteiger partial charge in [0.1, 0.15) is 0 Å². The number of nitrogens with zero attached hydrogens (tertiary/aromatic N) is 1. The van der Waals surface area contributed by atoms with Crippen molar-refractivity contribution in [2.45, 2.75) is 45.2 Å². The highest BCUT2D eigenvalue weighted by atomic mass is 79.9. The first-order valence-corrected chi connectivity index (χ1v) is 8.17. The molecular formula is C16H24BrN3O. The van der Waals surface area contributed by atoms with Crippen LogP contribution in [0.1, 0.15) is 44.0 Å². The predicted octanol–water partition coefficient (Wildman–Crippen LogP) is 3.02. The van der Waals surface area contributed by atoms with Gasteiger partial charge in [-0.15, -0.1) is 0 Å². The van der Waals surface area contributed by atoms with Crippen LogP contribution in [0.4, 0.5) is 5.69 Å². The zero-order valence-corrected chi connectivity index (χ0v) is 14.5. The molecule has 1 amide bonds. The van der Waals surface area contributed by atoms with Crippen LogP contribution in [0.5, 0.6) is 0 Å². The zero-order valence-electron chi connectivity index (χ0n) is 12.9. The lowest BCUT2D eigenvalue weighted by Gasteiger charge is -2.41. The molecule has 2 rings (SSSR count). The topological polar surface area (TPSA) is 58.4 Å². The fourth-order valence-electron chi connectivity index (χ4n) is 2.71. The number of carbonyl (C=O) groups excluding carboxylic acids is 1. The molecule has 1 heterocycles. The average Bonchev–Trinajstić information content (AvgIpc) is 2.37. The van der Waals surface area contributed by atoms with Crippen LogP contribution >= 0.6 is 15.9 Å². The van der Waals surface area contributed by atoms with Gasteiger partial charge in [-0.25, -0.2) is 0 Å². The summed E-state index contributed by atoms with van der Waals surface area (Å²) < 4.78 is 0.829. The van der Waals surface area contributed by atoms with Crippen LogP contribution in [0, 0.1) is 0 Å². The van der Waals surface area contributed by atoms with Crippen molar-refractivity contribution in [3.8, 4) is 0 Å². The predicted molar refractivity (Wildman–Crippen MR) is 90.4 cm³/mol. The highest BCUT2D eigenvalue weighted by Gasteiger charge is 2.27. The molecule has 0 aliphatic carbocycles. The Labute approximate surface area is 135 Å². The third-order valence-electron chi connectivity index (χ3n) is 3.96. The molecule has 0 radical (unpaired) electrons. The summed E-state index contributed by atoms with van der Waals surface area (Å²) in [6, 6.07) is 5.55. The average molecular weight is 354 g/mol. The quantitative estimate of drug-likeness (QED) is 0.803. The third-order valence-corrected chi connectivity index (χ3v) is 4.42. The molecule has 116 valence electrons. The van der Waals surface area contributed by atoms with Crippen LogP contribution in [0.3, 0.4) is 0 Å². The number of anilines is 1. The molecule has 4 nitrogen and oxygen atoms in total. The van der Waals surface area contributed by atoms with Crippen molar-refractivity contribution < 1.29 is 4.79 Å². The number of hydrogen-bond acceptors (Lipinski definition) is 3. The zero-order chi connectivity index (χ0) is 15.6. The number of likely N-dealkylation sites (tertiary alicyclic amines) is 1. The first kappa shape index (κ1) is 16.3. The van der Waals surface area contributed by atoms with E-state index in [1.165, 1.54) is 0 Å². The molecule has 1 aliphatic rings. The Hall–Kier alpha value is -1.07. The minimum Gasteiger partial charge on any atom is -0.399 e. The van der Waals surface area contributed by atoms with Crippen molar-refractivity contribution >= 4 is 27.5 Å². The molecule has 0 saturated carbocycles. The van der Waals surface area contributed by atoms with Gasteiger partial charge in [0.2, 0.25) is 0 Å². The van der Waals surface area contributed by atoms with E-state index in [0.717, 1.165) is 30.4 Å². The summed E-state index contributed by atoms with van der Waals surface area (Å²) in [5, 5.41) is 3.12. The molecule has 0 spiro atoms. The summed E-state index contributed by atoms with van der Waals surface area (Å²) in [6.45, 7) is 8.74. The van der Waals surface area contributed by atoms with Crippen molar-refractivity contribution in [2.24, 2.45) is 0 Å². The molecule has 0 unspecified atom stereocenters. The van der Waals surface area contributed by atoms with Crippen molar-refractivity contribution in [2.75, 3.05) is 18.8 Å². The summed E-state index contributed by atoms with van der Waals surface area (Å²) >= 11 is 3.37. The maximum Gasteiger partial charge on any atom is 0.251 e. The Morgan fingerprint density at radius 2 is 1.90 bits per heavy atom. The maximum atomic E-state index is 12.3. The summed E-state index contributed by atoms with van der Waals surface area (Å²) in [6.07, 6.45) is 1.99. The van der Waals surface area contributed by atoms with E-state index in [4.69, 9.17) is 5.73 Å². The second-order valence-corrected chi connectivity index (χ2v) is 7.59. The van der Waals surface area contributed by atoms with Crippen LogP contribution < -0.4 is 11.1 Å². The maximum absolute atomic E-state index is 12.3. The largest absolute Gasteiger partial charge is 0.399 e. The van der Waals surface area contributed by atoms with E-state index in [1.807, 2.05) is 0 Å². The number of piperidine rings is 1. The fraction of sp³-hybridized carbons (Fsp3) is 0.562. The minimum absolute atomic E-state index is 0.0443. The van der Waals surface area contributed by atoms with Gasteiger partial charge in [0.25, 0.3) is 5.91 Å². The lowest BCUT2D eigenvalue weighted by atomic mass is 9.98. The van der Waals surface area contributed by atoms with Crippen LogP contribution in [0.15, 0.2) is 22.7 Å². The number of hydrogen-bond donors (Lipinski definition) is 2. The van der Waals surface area contributed by atoms with Gasteiger partial charge < -0.3 is 11.1 Å². The van der Waals surface area contributed by atoms with E-state index in [2.05, 4.69) is 46.9 Å². The fourth-order valence-corrected chi connectivity index (χ4v) is 3.22. The summed E-state index contributed by atoms with van der Waals surface area (Å²) in [5.41, 5.74) is 7.19. The van der Waals surface area contributed by atoms with Crippen LogP contribution in [-0.4, -0.2) is 35.5 Å². The van der Waals surface area contributed by atoms with Crippen molar-refractivity contribution in [3.05, 3.63) is 28.2 Å². The molecule has 1 fully saturated rings. The van der Waals surface area contributed by atoms with Crippen LogP contribution in [-0.2, 0) is 0 Å². The first-order chi connectivity index (χ1) is 9.75. The Balaban J connectivity index is 1.93. The van der Waals surface area contributed by atoms with Crippen molar-refractivity contribution in [1.82, 2.24) is 10.2 Å². The van der Waals surface area contributed by atoms with Gasteiger partial charge >= 0.3 is 0 Å². The van der Waals surface area contributed by atoms with E-state index in [0.29, 0.717) is 11.3 Å². The van der Waals surface area contributed by atoms with Crippen LogP contribution in [0.2, 0.25) is 0 Å². The lowest BCUT2D eigenvalue weighted by Crippen LogP contribution is -2.50. The molecule has 1 saturated heterocycles. The van der Waals surface area contributed by atoms with Gasteiger partial charge in [-0.05, 0) is 51.8 Å². The van der Waals surface area contributed by atoms with Gasteiger partial charge in [-0.1, -0.05) is 15.9 Å².